The van der Waals surface area contributed by atoms with Gasteiger partial charge in [0.05, 0.1) is 12.2 Å². The first-order valence-corrected chi connectivity index (χ1v) is 7.93. The van der Waals surface area contributed by atoms with Crippen LogP contribution in [0, 0.1) is 0 Å². The molecular formula is C15H28N2O2. The summed E-state index contributed by atoms with van der Waals surface area (Å²) in [5.74, 6) is 0.313. The van der Waals surface area contributed by atoms with E-state index >= 15 is 0 Å². The van der Waals surface area contributed by atoms with E-state index in [2.05, 4.69) is 4.90 Å². The smallest absolute Gasteiger partial charge is 0.222 e. The van der Waals surface area contributed by atoms with E-state index in [9.17, 15) is 4.79 Å². The number of morpholine rings is 1. The second-order valence-electron chi connectivity index (χ2n) is 5.54. The lowest BCUT2D eigenvalue weighted by Crippen LogP contribution is -2.61. The maximum Gasteiger partial charge on any atom is 0.222 e. The van der Waals surface area contributed by atoms with Gasteiger partial charge in [0, 0.05) is 45.1 Å². The molecule has 4 fully saturated rings. The van der Waals surface area contributed by atoms with Crippen LogP contribution in [0.15, 0.2) is 0 Å². The normalized spacial score (nSPS) is 31.2. The summed E-state index contributed by atoms with van der Waals surface area (Å²) < 4.78 is 5.67. The molecule has 0 aromatic rings. The molecule has 0 N–H and O–H groups in total. The van der Waals surface area contributed by atoms with Gasteiger partial charge in [0.25, 0.3) is 0 Å². The molecule has 2 unspecified atom stereocenters. The highest BCUT2D eigenvalue weighted by Gasteiger charge is 2.41. The average molecular weight is 268 g/mol. The van der Waals surface area contributed by atoms with Crippen molar-refractivity contribution in [1.82, 2.24) is 9.80 Å². The highest BCUT2D eigenvalue weighted by molar-refractivity contribution is 5.75. The molecule has 4 nitrogen and oxygen atoms in total. The zero-order valence-corrected chi connectivity index (χ0v) is 12.6. The molecule has 2 atom stereocenters. The minimum Gasteiger partial charge on any atom is -0.372 e. The average Bonchev–Trinajstić information content (AvgIpc) is 2.48. The fourth-order valence-electron chi connectivity index (χ4n) is 3.39. The van der Waals surface area contributed by atoms with Crippen molar-refractivity contribution in [2.45, 2.75) is 64.7 Å². The first-order chi connectivity index (χ1) is 9.26. The molecule has 2 bridgehead atoms. The van der Waals surface area contributed by atoms with Gasteiger partial charge < -0.3 is 9.64 Å². The van der Waals surface area contributed by atoms with Gasteiger partial charge >= 0.3 is 0 Å². The van der Waals surface area contributed by atoms with Crippen molar-refractivity contribution < 1.29 is 9.53 Å². The lowest BCUT2D eigenvalue weighted by atomic mass is 9.94. The van der Waals surface area contributed by atoms with Gasteiger partial charge in [0.15, 0.2) is 0 Å². The van der Waals surface area contributed by atoms with E-state index in [1.807, 2.05) is 25.7 Å². The van der Waals surface area contributed by atoms with E-state index in [4.69, 9.17) is 4.74 Å². The van der Waals surface area contributed by atoms with Crippen molar-refractivity contribution in [3.63, 3.8) is 0 Å². The quantitative estimate of drug-likeness (QED) is 0.766. The minimum atomic E-state index is 0.313. The number of hydrogen-bond acceptors (Lipinski definition) is 3. The zero-order chi connectivity index (χ0) is 13.8. The molecule has 4 aliphatic heterocycles. The predicted octanol–water partition coefficient (Wildman–Crippen LogP) is 1.89. The summed E-state index contributed by atoms with van der Waals surface area (Å²) in [5, 5.41) is 0. The number of amides is 1. The Kier molecular flexibility index (Phi) is 5.22. The van der Waals surface area contributed by atoms with Gasteiger partial charge in [0.1, 0.15) is 0 Å². The molecule has 4 saturated heterocycles. The van der Waals surface area contributed by atoms with Crippen molar-refractivity contribution in [2.75, 3.05) is 26.2 Å². The van der Waals surface area contributed by atoms with Crippen molar-refractivity contribution in [2.24, 2.45) is 0 Å². The van der Waals surface area contributed by atoms with Crippen LogP contribution in [-0.2, 0) is 9.53 Å². The van der Waals surface area contributed by atoms with Crippen LogP contribution in [0.4, 0.5) is 0 Å². The summed E-state index contributed by atoms with van der Waals surface area (Å²) in [7, 11) is 0. The molecule has 0 aromatic carbocycles. The van der Waals surface area contributed by atoms with Crippen LogP contribution in [-0.4, -0.2) is 60.1 Å². The molecule has 0 spiro atoms. The number of carbonyl (C=O) groups is 1. The van der Waals surface area contributed by atoms with Crippen LogP contribution in [0.25, 0.3) is 0 Å². The number of piperidine rings is 2. The third kappa shape index (κ3) is 3.29. The van der Waals surface area contributed by atoms with Crippen LogP contribution >= 0.6 is 0 Å². The molecule has 0 aromatic heterocycles. The van der Waals surface area contributed by atoms with E-state index in [1.54, 1.807) is 0 Å². The topological polar surface area (TPSA) is 32.8 Å². The number of hydrogen-bond donors (Lipinski definition) is 0. The Labute approximate surface area is 117 Å². The first kappa shape index (κ1) is 14.8. The van der Waals surface area contributed by atoms with E-state index in [-0.39, 0.29) is 0 Å². The molecule has 4 rings (SSSR count). The largest absolute Gasteiger partial charge is 0.372 e. The maximum atomic E-state index is 11.6. The Balaban J connectivity index is 0.000000637. The van der Waals surface area contributed by atoms with Gasteiger partial charge in [-0.3, -0.25) is 9.69 Å². The van der Waals surface area contributed by atoms with Crippen LogP contribution in [0.5, 0.6) is 0 Å². The van der Waals surface area contributed by atoms with E-state index in [0.717, 1.165) is 39.0 Å². The van der Waals surface area contributed by atoms with E-state index in [0.29, 0.717) is 30.6 Å². The Morgan fingerprint density at radius 2 is 1.68 bits per heavy atom. The van der Waals surface area contributed by atoms with Crippen molar-refractivity contribution in [1.29, 1.82) is 0 Å². The van der Waals surface area contributed by atoms with Crippen molar-refractivity contribution >= 4 is 5.91 Å². The van der Waals surface area contributed by atoms with Gasteiger partial charge in [-0.1, -0.05) is 20.8 Å². The van der Waals surface area contributed by atoms with Gasteiger partial charge in [-0.05, 0) is 12.8 Å². The molecule has 0 aliphatic carbocycles. The van der Waals surface area contributed by atoms with Crippen molar-refractivity contribution in [3.8, 4) is 0 Å². The van der Waals surface area contributed by atoms with E-state index in [1.165, 1.54) is 6.42 Å². The third-order valence-corrected chi connectivity index (χ3v) is 4.42. The molecule has 0 radical (unpaired) electrons. The van der Waals surface area contributed by atoms with E-state index < -0.39 is 0 Å². The Hall–Kier alpha value is -0.610. The summed E-state index contributed by atoms with van der Waals surface area (Å²) in [4.78, 5) is 16.2. The summed E-state index contributed by atoms with van der Waals surface area (Å²) >= 11 is 0. The van der Waals surface area contributed by atoms with Gasteiger partial charge in [-0.15, -0.1) is 0 Å². The molecule has 1 amide bonds. The lowest BCUT2D eigenvalue weighted by molar-refractivity contribution is -0.190. The number of nitrogens with zero attached hydrogens (tertiary/aromatic N) is 2. The summed E-state index contributed by atoms with van der Waals surface area (Å²) in [6, 6.07) is 0.685. The Morgan fingerprint density at radius 1 is 1.16 bits per heavy atom. The first-order valence-electron chi connectivity index (χ1n) is 7.93. The number of ether oxygens (including phenoxy) is 1. The number of fused-ring (bicyclic) bond motifs is 2. The monoisotopic (exact) mass is 268 g/mol. The molecule has 4 aliphatic rings. The number of rotatable bonds is 2. The summed E-state index contributed by atoms with van der Waals surface area (Å²) in [6.45, 7) is 10.1. The molecule has 4 heteroatoms. The van der Waals surface area contributed by atoms with Crippen LogP contribution in [0.2, 0.25) is 0 Å². The zero-order valence-electron chi connectivity index (χ0n) is 12.6. The summed E-state index contributed by atoms with van der Waals surface area (Å²) in [6.07, 6.45) is 5.21. The number of carbonyl (C=O) groups excluding carboxylic acids is 1. The van der Waals surface area contributed by atoms with Gasteiger partial charge in [0.2, 0.25) is 5.91 Å². The second-order valence-corrected chi connectivity index (χ2v) is 5.54. The van der Waals surface area contributed by atoms with Crippen molar-refractivity contribution in [3.05, 3.63) is 0 Å². The van der Waals surface area contributed by atoms with Gasteiger partial charge in [-0.2, -0.15) is 0 Å². The molecule has 19 heavy (non-hydrogen) atoms. The second kappa shape index (κ2) is 6.71. The number of likely N-dealkylation sites (tertiary alicyclic amines) is 1. The fourth-order valence-corrected chi connectivity index (χ4v) is 3.39. The standard InChI is InChI=1S/C13H22N2O2.C2H6/c1-2-13(16)14-5-3-10(4-6-14)15-8-11-7-12(9-15)17-11;1-2/h10-12H,2-9H2,1H3;1-2H3. The highest BCUT2D eigenvalue weighted by atomic mass is 16.5. The van der Waals surface area contributed by atoms with Crippen LogP contribution in [0.3, 0.4) is 0 Å². The Morgan fingerprint density at radius 3 is 2.16 bits per heavy atom. The third-order valence-electron chi connectivity index (χ3n) is 4.42. The fraction of sp³-hybridized carbons (Fsp3) is 0.933. The Bertz CT molecular complexity index is 285. The maximum absolute atomic E-state index is 11.6. The lowest BCUT2D eigenvalue weighted by Gasteiger charge is -2.51. The van der Waals surface area contributed by atoms with Crippen LogP contribution in [0.1, 0.15) is 46.5 Å². The van der Waals surface area contributed by atoms with Crippen LogP contribution < -0.4 is 0 Å². The predicted molar refractivity (Wildman–Crippen MR) is 76.1 cm³/mol. The minimum absolute atomic E-state index is 0.313. The molecule has 4 heterocycles. The molecule has 110 valence electrons. The summed E-state index contributed by atoms with van der Waals surface area (Å²) in [5.41, 5.74) is 0. The SMILES string of the molecule is CC.CCC(=O)N1CCC(N2CC3CC(C2)O3)CC1. The molecular weight excluding hydrogens is 240 g/mol. The molecule has 0 saturated carbocycles. The highest BCUT2D eigenvalue weighted by Crippen LogP contribution is 2.31. The van der Waals surface area contributed by atoms with Gasteiger partial charge in [-0.25, -0.2) is 0 Å².